The third kappa shape index (κ3) is 2.23. The van der Waals surface area contributed by atoms with Gasteiger partial charge in [0.05, 0.1) is 0 Å². The highest BCUT2D eigenvalue weighted by atomic mass is 14.7. The van der Waals surface area contributed by atoms with Crippen molar-refractivity contribution in [3.05, 3.63) is 34.9 Å². The molecule has 1 aromatic rings. The Morgan fingerprint density at radius 2 is 1.87 bits per heavy atom. The van der Waals surface area contributed by atoms with E-state index in [0.29, 0.717) is 5.92 Å². The van der Waals surface area contributed by atoms with E-state index in [-0.39, 0.29) is 6.04 Å². The lowest BCUT2D eigenvalue weighted by atomic mass is 9.89. The highest BCUT2D eigenvalue weighted by molar-refractivity contribution is 5.33. The van der Waals surface area contributed by atoms with E-state index >= 15 is 0 Å². The monoisotopic (exact) mass is 203 g/mol. The molecule has 1 heteroatoms. The van der Waals surface area contributed by atoms with Gasteiger partial charge in [-0.1, -0.05) is 36.6 Å². The van der Waals surface area contributed by atoms with E-state index in [0.717, 1.165) is 0 Å². The predicted octanol–water partition coefficient (Wildman–Crippen LogP) is 3.49. The largest absolute Gasteiger partial charge is 0.324 e. The van der Waals surface area contributed by atoms with Crippen molar-refractivity contribution in [2.24, 2.45) is 11.7 Å². The van der Waals surface area contributed by atoms with Crippen LogP contribution in [0.3, 0.4) is 0 Å². The molecule has 1 atom stereocenters. The zero-order chi connectivity index (χ0) is 10.8. The molecule has 1 nitrogen and oxygen atoms in total. The maximum atomic E-state index is 6.37. The van der Waals surface area contributed by atoms with Crippen LogP contribution in [0.2, 0.25) is 0 Å². The standard InChI is InChI=1S/C14H21N/c1-10-7-8-11(2)13(9-10)14(15)12-5-3-4-6-12/h7-9,12,14H,3-6,15H2,1-2H3. The Labute approximate surface area is 92.7 Å². The Kier molecular flexibility index (Phi) is 3.11. The number of rotatable bonds is 2. The fourth-order valence-corrected chi connectivity index (χ4v) is 2.69. The minimum absolute atomic E-state index is 0.257. The minimum atomic E-state index is 0.257. The van der Waals surface area contributed by atoms with Crippen LogP contribution < -0.4 is 5.73 Å². The fourth-order valence-electron chi connectivity index (χ4n) is 2.69. The van der Waals surface area contributed by atoms with E-state index in [9.17, 15) is 0 Å². The Morgan fingerprint density at radius 3 is 2.53 bits per heavy atom. The number of benzene rings is 1. The molecular weight excluding hydrogens is 182 g/mol. The molecule has 0 aliphatic heterocycles. The molecule has 1 fully saturated rings. The van der Waals surface area contributed by atoms with Gasteiger partial charge in [0, 0.05) is 6.04 Å². The van der Waals surface area contributed by atoms with Gasteiger partial charge in [0.2, 0.25) is 0 Å². The third-order valence-corrected chi connectivity index (χ3v) is 3.70. The molecule has 1 saturated carbocycles. The molecule has 82 valence electrons. The molecule has 0 aromatic heterocycles. The van der Waals surface area contributed by atoms with Gasteiger partial charge in [-0.2, -0.15) is 0 Å². The fraction of sp³-hybridized carbons (Fsp3) is 0.571. The van der Waals surface area contributed by atoms with Crippen molar-refractivity contribution in [3.8, 4) is 0 Å². The second-order valence-electron chi connectivity index (χ2n) is 4.93. The second kappa shape index (κ2) is 4.36. The number of hydrogen-bond donors (Lipinski definition) is 1. The van der Waals surface area contributed by atoms with E-state index in [4.69, 9.17) is 5.73 Å². The third-order valence-electron chi connectivity index (χ3n) is 3.70. The normalized spacial score (nSPS) is 19.4. The van der Waals surface area contributed by atoms with Crippen molar-refractivity contribution in [1.82, 2.24) is 0 Å². The first-order chi connectivity index (χ1) is 7.18. The summed E-state index contributed by atoms with van der Waals surface area (Å²) >= 11 is 0. The van der Waals surface area contributed by atoms with Crippen LogP contribution >= 0.6 is 0 Å². The van der Waals surface area contributed by atoms with E-state index in [2.05, 4.69) is 32.0 Å². The van der Waals surface area contributed by atoms with Gasteiger partial charge in [-0.3, -0.25) is 0 Å². The van der Waals surface area contributed by atoms with Gasteiger partial charge in [-0.05, 0) is 43.7 Å². The van der Waals surface area contributed by atoms with Crippen LogP contribution in [-0.2, 0) is 0 Å². The Balaban J connectivity index is 2.23. The number of hydrogen-bond acceptors (Lipinski definition) is 1. The van der Waals surface area contributed by atoms with Crippen LogP contribution in [0.4, 0.5) is 0 Å². The summed E-state index contributed by atoms with van der Waals surface area (Å²) in [5, 5.41) is 0. The Morgan fingerprint density at radius 1 is 1.20 bits per heavy atom. The summed E-state index contributed by atoms with van der Waals surface area (Å²) in [4.78, 5) is 0. The first kappa shape index (κ1) is 10.7. The van der Waals surface area contributed by atoms with Crippen molar-refractivity contribution in [2.45, 2.75) is 45.6 Å². The maximum absolute atomic E-state index is 6.37. The Bertz CT molecular complexity index is 337. The minimum Gasteiger partial charge on any atom is -0.324 e. The van der Waals surface area contributed by atoms with Crippen LogP contribution in [0.1, 0.15) is 48.4 Å². The van der Waals surface area contributed by atoms with Gasteiger partial charge >= 0.3 is 0 Å². The van der Waals surface area contributed by atoms with Crippen molar-refractivity contribution in [2.75, 3.05) is 0 Å². The van der Waals surface area contributed by atoms with Gasteiger partial charge in [0.1, 0.15) is 0 Å². The van der Waals surface area contributed by atoms with Crippen LogP contribution in [0.15, 0.2) is 18.2 Å². The molecule has 1 aliphatic rings. The molecule has 2 rings (SSSR count). The molecule has 0 spiro atoms. The van der Waals surface area contributed by atoms with E-state index < -0.39 is 0 Å². The van der Waals surface area contributed by atoms with Crippen LogP contribution in [-0.4, -0.2) is 0 Å². The predicted molar refractivity (Wildman–Crippen MR) is 64.8 cm³/mol. The van der Waals surface area contributed by atoms with Crippen LogP contribution in [0, 0.1) is 19.8 Å². The zero-order valence-electron chi connectivity index (χ0n) is 9.79. The smallest absolute Gasteiger partial charge is 0.0326 e. The quantitative estimate of drug-likeness (QED) is 0.782. The summed E-state index contributed by atoms with van der Waals surface area (Å²) in [5.74, 6) is 0.713. The SMILES string of the molecule is Cc1ccc(C)c(C(N)C2CCCC2)c1. The molecule has 1 aromatic carbocycles. The molecule has 0 radical (unpaired) electrons. The average Bonchev–Trinajstić information content (AvgIpc) is 2.74. The summed E-state index contributed by atoms with van der Waals surface area (Å²) < 4.78 is 0. The lowest BCUT2D eigenvalue weighted by Crippen LogP contribution is -2.20. The van der Waals surface area contributed by atoms with Gasteiger partial charge in [0.15, 0.2) is 0 Å². The summed E-state index contributed by atoms with van der Waals surface area (Å²) in [6.07, 6.45) is 5.36. The van der Waals surface area contributed by atoms with Crippen LogP contribution in [0.5, 0.6) is 0 Å². The van der Waals surface area contributed by atoms with E-state index in [1.165, 1.54) is 42.4 Å². The lowest BCUT2D eigenvalue weighted by molar-refractivity contribution is 0.443. The van der Waals surface area contributed by atoms with Gasteiger partial charge in [-0.15, -0.1) is 0 Å². The molecular formula is C14H21N. The molecule has 0 heterocycles. The van der Waals surface area contributed by atoms with Gasteiger partial charge in [0.25, 0.3) is 0 Å². The van der Waals surface area contributed by atoms with Crippen molar-refractivity contribution in [1.29, 1.82) is 0 Å². The summed E-state index contributed by atoms with van der Waals surface area (Å²) in [7, 11) is 0. The van der Waals surface area contributed by atoms with E-state index in [1.54, 1.807) is 0 Å². The Hall–Kier alpha value is -0.820. The maximum Gasteiger partial charge on any atom is 0.0326 e. The lowest BCUT2D eigenvalue weighted by Gasteiger charge is -2.21. The van der Waals surface area contributed by atoms with E-state index in [1.807, 2.05) is 0 Å². The van der Waals surface area contributed by atoms with Crippen molar-refractivity contribution in [3.63, 3.8) is 0 Å². The summed E-state index contributed by atoms with van der Waals surface area (Å²) in [6, 6.07) is 6.88. The highest BCUT2D eigenvalue weighted by Crippen LogP contribution is 2.35. The topological polar surface area (TPSA) is 26.0 Å². The van der Waals surface area contributed by atoms with Crippen molar-refractivity contribution < 1.29 is 0 Å². The number of nitrogens with two attached hydrogens (primary N) is 1. The van der Waals surface area contributed by atoms with Gasteiger partial charge < -0.3 is 5.73 Å². The van der Waals surface area contributed by atoms with Crippen LogP contribution in [0.25, 0.3) is 0 Å². The molecule has 0 bridgehead atoms. The second-order valence-corrected chi connectivity index (χ2v) is 4.93. The molecule has 1 unspecified atom stereocenters. The molecule has 0 amide bonds. The molecule has 15 heavy (non-hydrogen) atoms. The summed E-state index contributed by atoms with van der Waals surface area (Å²) in [6.45, 7) is 4.31. The molecule has 2 N–H and O–H groups in total. The zero-order valence-corrected chi connectivity index (χ0v) is 9.79. The average molecular weight is 203 g/mol. The molecule has 0 saturated heterocycles. The first-order valence-electron chi connectivity index (χ1n) is 6.01. The highest BCUT2D eigenvalue weighted by Gasteiger charge is 2.24. The summed E-state index contributed by atoms with van der Waals surface area (Å²) in [5.41, 5.74) is 10.4. The number of aryl methyl sites for hydroxylation is 2. The van der Waals surface area contributed by atoms with Crippen molar-refractivity contribution >= 4 is 0 Å². The van der Waals surface area contributed by atoms with Gasteiger partial charge in [-0.25, -0.2) is 0 Å². The first-order valence-corrected chi connectivity index (χ1v) is 6.01. The molecule has 1 aliphatic carbocycles.